The van der Waals surface area contributed by atoms with E-state index in [2.05, 4.69) is 10.4 Å². The fourth-order valence-electron chi connectivity index (χ4n) is 1.99. The van der Waals surface area contributed by atoms with Gasteiger partial charge in [-0.2, -0.15) is 5.10 Å². The van der Waals surface area contributed by atoms with Gasteiger partial charge in [-0.1, -0.05) is 19.1 Å². The standard InChI is InChI=1S/C16H18FN3O3/c1-10(9-21)8-18-16(23)15-14(22)7-11(2)20(19-15)13-6-4-3-5-12(13)17/h3-7,10,21H,8-9H2,1-2H3,(H,18,23). The lowest BCUT2D eigenvalue weighted by molar-refractivity contribution is 0.0934. The van der Waals surface area contributed by atoms with Crippen LogP contribution >= 0.6 is 0 Å². The van der Waals surface area contributed by atoms with Crippen molar-refractivity contribution in [1.82, 2.24) is 15.1 Å². The average Bonchev–Trinajstić information content (AvgIpc) is 2.53. The maximum atomic E-state index is 13.9. The molecule has 2 rings (SSSR count). The molecule has 23 heavy (non-hydrogen) atoms. The van der Waals surface area contributed by atoms with Crippen LogP contribution in [0.4, 0.5) is 4.39 Å². The number of rotatable bonds is 5. The molecular formula is C16H18FN3O3. The van der Waals surface area contributed by atoms with Gasteiger partial charge in [0.05, 0.1) is 0 Å². The summed E-state index contributed by atoms with van der Waals surface area (Å²) >= 11 is 0. The number of benzene rings is 1. The first-order valence-corrected chi connectivity index (χ1v) is 7.19. The van der Waals surface area contributed by atoms with Crippen LogP contribution in [0, 0.1) is 18.7 Å². The Labute approximate surface area is 132 Å². The first kappa shape index (κ1) is 16.8. The van der Waals surface area contributed by atoms with Crippen molar-refractivity contribution < 1.29 is 14.3 Å². The summed E-state index contributed by atoms with van der Waals surface area (Å²) in [7, 11) is 0. The highest BCUT2D eigenvalue weighted by Crippen LogP contribution is 2.13. The van der Waals surface area contributed by atoms with Crippen LogP contribution in [0.15, 0.2) is 35.1 Å². The molecule has 2 aromatic rings. The van der Waals surface area contributed by atoms with Crippen LogP contribution in [-0.2, 0) is 0 Å². The molecule has 122 valence electrons. The second-order valence-electron chi connectivity index (χ2n) is 5.36. The highest BCUT2D eigenvalue weighted by molar-refractivity contribution is 5.92. The number of aryl methyl sites for hydroxylation is 1. The Hall–Kier alpha value is -2.54. The van der Waals surface area contributed by atoms with Crippen molar-refractivity contribution in [1.29, 1.82) is 0 Å². The second-order valence-corrected chi connectivity index (χ2v) is 5.36. The van der Waals surface area contributed by atoms with Crippen LogP contribution in [0.3, 0.4) is 0 Å². The van der Waals surface area contributed by atoms with Crippen LogP contribution in [-0.4, -0.2) is 33.9 Å². The molecule has 1 aromatic heterocycles. The number of hydrogen-bond donors (Lipinski definition) is 2. The Morgan fingerprint density at radius 3 is 2.78 bits per heavy atom. The van der Waals surface area contributed by atoms with Gasteiger partial charge in [-0.3, -0.25) is 9.59 Å². The molecule has 0 aliphatic rings. The number of amides is 1. The molecule has 1 aromatic carbocycles. The van der Waals surface area contributed by atoms with Gasteiger partial charge in [0.15, 0.2) is 5.69 Å². The van der Waals surface area contributed by atoms with E-state index < -0.39 is 17.2 Å². The van der Waals surface area contributed by atoms with Gasteiger partial charge in [0.1, 0.15) is 11.5 Å². The zero-order valence-corrected chi connectivity index (χ0v) is 12.9. The minimum absolute atomic E-state index is 0.0823. The molecule has 1 amide bonds. The quantitative estimate of drug-likeness (QED) is 0.862. The minimum Gasteiger partial charge on any atom is -0.396 e. The number of carbonyl (C=O) groups is 1. The summed E-state index contributed by atoms with van der Waals surface area (Å²) in [5.41, 5.74) is -0.281. The third-order valence-electron chi connectivity index (χ3n) is 3.33. The molecular weight excluding hydrogens is 301 g/mol. The summed E-state index contributed by atoms with van der Waals surface area (Å²) in [4.78, 5) is 24.1. The fourth-order valence-corrected chi connectivity index (χ4v) is 1.99. The number of nitrogens with zero attached hydrogens (tertiary/aromatic N) is 2. The summed E-state index contributed by atoms with van der Waals surface area (Å²) in [6.07, 6.45) is 0. The van der Waals surface area contributed by atoms with Gasteiger partial charge in [0, 0.05) is 24.9 Å². The molecule has 6 nitrogen and oxygen atoms in total. The lowest BCUT2D eigenvalue weighted by atomic mass is 10.2. The third-order valence-corrected chi connectivity index (χ3v) is 3.33. The normalized spacial score (nSPS) is 12.0. The Morgan fingerprint density at radius 2 is 2.13 bits per heavy atom. The zero-order chi connectivity index (χ0) is 17.0. The molecule has 0 radical (unpaired) electrons. The number of para-hydroxylation sites is 1. The van der Waals surface area contributed by atoms with Gasteiger partial charge in [-0.05, 0) is 25.0 Å². The van der Waals surface area contributed by atoms with E-state index in [4.69, 9.17) is 5.11 Å². The largest absolute Gasteiger partial charge is 0.396 e. The van der Waals surface area contributed by atoms with Crippen molar-refractivity contribution in [2.75, 3.05) is 13.2 Å². The number of aromatic nitrogens is 2. The number of carbonyl (C=O) groups excluding carboxylic acids is 1. The number of aliphatic hydroxyl groups is 1. The average molecular weight is 319 g/mol. The van der Waals surface area contributed by atoms with Gasteiger partial charge in [0.2, 0.25) is 5.43 Å². The SMILES string of the molecule is Cc1cc(=O)c(C(=O)NCC(C)CO)nn1-c1ccccc1F. The van der Waals surface area contributed by atoms with Gasteiger partial charge in [-0.15, -0.1) is 0 Å². The summed E-state index contributed by atoms with van der Waals surface area (Å²) in [6, 6.07) is 7.21. The summed E-state index contributed by atoms with van der Waals surface area (Å²) in [5, 5.41) is 15.5. The molecule has 7 heteroatoms. The predicted octanol–water partition coefficient (Wildman–Crippen LogP) is 1.04. The molecule has 0 aliphatic carbocycles. The maximum Gasteiger partial charge on any atom is 0.275 e. The smallest absolute Gasteiger partial charge is 0.275 e. The van der Waals surface area contributed by atoms with Gasteiger partial charge in [0.25, 0.3) is 5.91 Å². The Kier molecular flexibility index (Phi) is 5.23. The first-order chi connectivity index (χ1) is 10.9. The molecule has 0 aliphatic heterocycles. The monoisotopic (exact) mass is 319 g/mol. The molecule has 1 heterocycles. The Morgan fingerprint density at radius 1 is 1.43 bits per heavy atom. The van der Waals surface area contributed by atoms with E-state index in [1.54, 1.807) is 26.0 Å². The van der Waals surface area contributed by atoms with Crippen LogP contribution in [0.5, 0.6) is 0 Å². The fraction of sp³-hybridized carbons (Fsp3) is 0.312. The van der Waals surface area contributed by atoms with Crippen molar-refractivity contribution in [3.63, 3.8) is 0 Å². The van der Waals surface area contributed by atoms with Crippen molar-refractivity contribution in [2.24, 2.45) is 5.92 Å². The van der Waals surface area contributed by atoms with E-state index in [1.807, 2.05) is 0 Å². The van der Waals surface area contributed by atoms with Gasteiger partial charge in [-0.25, -0.2) is 9.07 Å². The predicted molar refractivity (Wildman–Crippen MR) is 83.1 cm³/mol. The number of halogens is 1. The van der Waals surface area contributed by atoms with Gasteiger partial charge >= 0.3 is 0 Å². The molecule has 1 atom stereocenters. The van der Waals surface area contributed by atoms with E-state index in [-0.39, 0.29) is 30.5 Å². The molecule has 0 fully saturated rings. The van der Waals surface area contributed by atoms with E-state index >= 15 is 0 Å². The maximum absolute atomic E-state index is 13.9. The van der Waals surface area contributed by atoms with Crippen molar-refractivity contribution in [3.8, 4) is 5.69 Å². The van der Waals surface area contributed by atoms with Crippen LogP contribution in [0.25, 0.3) is 5.69 Å². The molecule has 0 saturated carbocycles. The lowest BCUT2D eigenvalue weighted by Crippen LogP contribution is -2.35. The molecule has 0 bridgehead atoms. The summed E-state index contributed by atoms with van der Waals surface area (Å²) in [6.45, 7) is 3.49. The van der Waals surface area contributed by atoms with E-state index in [0.717, 1.165) is 0 Å². The van der Waals surface area contributed by atoms with Crippen LogP contribution in [0.1, 0.15) is 23.1 Å². The minimum atomic E-state index is -0.652. The first-order valence-electron chi connectivity index (χ1n) is 7.19. The van der Waals surface area contributed by atoms with Crippen LogP contribution in [0.2, 0.25) is 0 Å². The highest BCUT2D eigenvalue weighted by atomic mass is 19.1. The Bertz CT molecular complexity index is 773. The molecule has 0 spiro atoms. The summed E-state index contributed by atoms with van der Waals surface area (Å²) in [5.74, 6) is -1.30. The molecule has 2 N–H and O–H groups in total. The van der Waals surface area contributed by atoms with E-state index in [0.29, 0.717) is 5.69 Å². The topological polar surface area (TPSA) is 84.2 Å². The Balaban J connectivity index is 2.39. The van der Waals surface area contributed by atoms with Crippen molar-refractivity contribution in [3.05, 3.63) is 57.8 Å². The lowest BCUT2D eigenvalue weighted by Gasteiger charge is -2.13. The highest BCUT2D eigenvalue weighted by Gasteiger charge is 2.17. The number of aliphatic hydroxyl groups excluding tert-OH is 1. The summed E-state index contributed by atoms with van der Waals surface area (Å²) < 4.78 is 15.1. The van der Waals surface area contributed by atoms with Gasteiger partial charge < -0.3 is 10.4 Å². The zero-order valence-electron chi connectivity index (χ0n) is 12.9. The number of hydrogen-bond acceptors (Lipinski definition) is 4. The number of nitrogens with one attached hydrogen (secondary N) is 1. The van der Waals surface area contributed by atoms with E-state index in [9.17, 15) is 14.0 Å². The van der Waals surface area contributed by atoms with E-state index in [1.165, 1.54) is 22.9 Å². The van der Waals surface area contributed by atoms with Crippen molar-refractivity contribution >= 4 is 5.91 Å². The van der Waals surface area contributed by atoms with Crippen molar-refractivity contribution in [2.45, 2.75) is 13.8 Å². The molecule has 0 saturated heterocycles. The molecule has 1 unspecified atom stereocenters. The third kappa shape index (κ3) is 3.81. The second kappa shape index (κ2) is 7.15. The van der Waals surface area contributed by atoms with Crippen LogP contribution < -0.4 is 10.7 Å².